The number of anilines is 1. The highest BCUT2D eigenvalue weighted by atomic mass is 16.5. The van der Waals surface area contributed by atoms with Crippen LogP contribution in [0.2, 0.25) is 0 Å². The lowest BCUT2D eigenvalue weighted by atomic mass is 10.0. The molecule has 1 saturated heterocycles. The normalized spacial score (nSPS) is 17.1. The molecule has 0 aliphatic carbocycles. The minimum absolute atomic E-state index is 0.0710. The number of hydrogen-bond acceptors (Lipinski definition) is 4. The molecule has 100 valence electrons. The molecule has 1 aromatic carbocycles. The molecule has 1 aliphatic heterocycles. The molecule has 3 rings (SSSR count). The van der Waals surface area contributed by atoms with Gasteiger partial charge in [0.05, 0.1) is 17.3 Å². The molecule has 2 aromatic rings. The molecule has 0 spiro atoms. The monoisotopic (exact) mass is 260 g/mol. The summed E-state index contributed by atoms with van der Waals surface area (Å²) in [5, 5.41) is 13.7. The minimum atomic E-state index is -0.203. The maximum Gasteiger partial charge on any atom is 0.250 e. The molecule has 1 amide bonds. The van der Waals surface area contributed by atoms with E-state index in [9.17, 15) is 4.79 Å². The number of carbonyl (C=O) groups excluding carboxylic acids is 1. The maximum atomic E-state index is 11.8. The Balaban J connectivity index is 1.59. The highest BCUT2D eigenvalue weighted by molar-refractivity contribution is 5.94. The van der Waals surface area contributed by atoms with Crippen molar-refractivity contribution in [3.8, 4) is 0 Å². The van der Waals surface area contributed by atoms with E-state index in [0.29, 0.717) is 0 Å². The standard InChI is InChI=1S/C13H16N4O2/c1-13(7-14-8-13)19-6-12(18)16-10-2-3-11-9(4-10)5-15-17-11/h2-5,14H,6-8H2,1H3,(H,15,17)(H,16,18). The molecule has 1 aromatic heterocycles. The van der Waals surface area contributed by atoms with E-state index in [0.717, 1.165) is 29.7 Å². The van der Waals surface area contributed by atoms with Gasteiger partial charge in [0, 0.05) is 24.2 Å². The van der Waals surface area contributed by atoms with Crippen molar-refractivity contribution >= 4 is 22.5 Å². The summed E-state index contributed by atoms with van der Waals surface area (Å²) in [6.07, 6.45) is 1.72. The SMILES string of the molecule is CC1(OCC(=O)Nc2ccc3[nH]ncc3c2)CNC1. The Morgan fingerprint density at radius 1 is 1.53 bits per heavy atom. The number of nitrogens with zero attached hydrogens (tertiary/aromatic N) is 1. The summed E-state index contributed by atoms with van der Waals surface area (Å²) in [6, 6.07) is 5.60. The molecule has 0 atom stereocenters. The van der Waals surface area contributed by atoms with Crippen LogP contribution in [0.25, 0.3) is 10.9 Å². The van der Waals surface area contributed by atoms with E-state index < -0.39 is 0 Å². The number of benzene rings is 1. The predicted molar refractivity (Wildman–Crippen MR) is 72.0 cm³/mol. The van der Waals surface area contributed by atoms with Gasteiger partial charge in [0.2, 0.25) is 5.91 Å². The Morgan fingerprint density at radius 3 is 3.11 bits per heavy atom. The number of H-pyrrole nitrogens is 1. The van der Waals surface area contributed by atoms with Crippen LogP contribution >= 0.6 is 0 Å². The van der Waals surface area contributed by atoms with Crippen LogP contribution in [0.1, 0.15) is 6.92 Å². The lowest BCUT2D eigenvalue weighted by Gasteiger charge is -2.38. The van der Waals surface area contributed by atoms with E-state index in [1.54, 1.807) is 6.20 Å². The number of carbonyl (C=O) groups is 1. The minimum Gasteiger partial charge on any atom is -0.363 e. The summed E-state index contributed by atoms with van der Waals surface area (Å²) in [4.78, 5) is 11.8. The van der Waals surface area contributed by atoms with Crippen molar-refractivity contribution in [2.75, 3.05) is 25.0 Å². The van der Waals surface area contributed by atoms with Gasteiger partial charge in [0.1, 0.15) is 6.61 Å². The second kappa shape index (κ2) is 4.64. The highest BCUT2D eigenvalue weighted by Gasteiger charge is 2.32. The van der Waals surface area contributed by atoms with E-state index >= 15 is 0 Å². The molecule has 6 nitrogen and oxygen atoms in total. The number of aromatic nitrogens is 2. The highest BCUT2D eigenvalue weighted by Crippen LogP contribution is 2.17. The van der Waals surface area contributed by atoms with Crippen LogP contribution in [0.4, 0.5) is 5.69 Å². The molecule has 1 fully saturated rings. The van der Waals surface area contributed by atoms with Crippen LogP contribution in [0.15, 0.2) is 24.4 Å². The van der Waals surface area contributed by atoms with Crippen molar-refractivity contribution in [2.24, 2.45) is 0 Å². The summed E-state index contributed by atoms with van der Waals surface area (Å²) >= 11 is 0. The Hall–Kier alpha value is -1.92. The first kappa shape index (κ1) is 12.1. The summed E-state index contributed by atoms with van der Waals surface area (Å²) in [5.41, 5.74) is 1.49. The number of hydrogen-bond donors (Lipinski definition) is 3. The molecule has 0 radical (unpaired) electrons. The van der Waals surface area contributed by atoms with Gasteiger partial charge in [-0.25, -0.2) is 0 Å². The van der Waals surface area contributed by atoms with Crippen LogP contribution < -0.4 is 10.6 Å². The first-order valence-corrected chi connectivity index (χ1v) is 6.22. The predicted octanol–water partition coefficient (Wildman–Crippen LogP) is 0.880. The van der Waals surface area contributed by atoms with Crippen molar-refractivity contribution in [1.82, 2.24) is 15.5 Å². The van der Waals surface area contributed by atoms with Gasteiger partial charge in [-0.3, -0.25) is 9.89 Å². The van der Waals surface area contributed by atoms with Gasteiger partial charge >= 0.3 is 0 Å². The second-order valence-corrected chi connectivity index (χ2v) is 5.06. The molecule has 2 heterocycles. The summed E-state index contributed by atoms with van der Waals surface area (Å²) in [6.45, 7) is 3.65. The van der Waals surface area contributed by atoms with Crippen LogP contribution in [-0.2, 0) is 9.53 Å². The smallest absolute Gasteiger partial charge is 0.250 e. The van der Waals surface area contributed by atoms with E-state index in [4.69, 9.17) is 4.74 Å². The second-order valence-electron chi connectivity index (χ2n) is 5.06. The Labute approximate surface area is 110 Å². The number of fused-ring (bicyclic) bond motifs is 1. The largest absolute Gasteiger partial charge is 0.363 e. The summed E-state index contributed by atoms with van der Waals surface area (Å²) in [5.74, 6) is -0.143. The topological polar surface area (TPSA) is 79.0 Å². The van der Waals surface area contributed by atoms with Crippen molar-refractivity contribution in [3.63, 3.8) is 0 Å². The summed E-state index contributed by atoms with van der Waals surface area (Å²) < 4.78 is 5.58. The Bertz CT molecular complexity index is 603. The van der Waals surface area contributed by atoms with E-state index in [-0.39, 0.29) is 18.1 Å². The molecule has 3 N–H and O–H groups in total. The number of amides is 1. The molecule has 0 saturated carbocycles. The third-order valence-corrected chi connectivity index (χ3v) is 3.27. The van der Waals surface area contributed by atoms with Crippen molar-refractivity contribution in [1.29, 1.82) is 0 Å². The van der Waals surface area contributed by atoms with Crippen molar-refractivity contribution in [2.45, 2.75) is 12.5 Å². The fourth-order valence-corrected chi connectivity index (χ4v) is 2.04. The van der Waals surface area contributed by atoms with Crippen molar-refractivity contribution < 1.29 is 9.53 Å². The first-order valence-electron chi connectivity index (χ1n) is 6.22. The molecular formula is C13H16N4O2. The van der Waals surface area contributed by atoms with Crippen LogP contribution in [0.3, 0.4) is 0 Å². The number of rotatable bonds is 4. The van der Waals surface area contributed by atoms with Gasteiger partial charge in [-0.2, -0.15) is 5.10 Å². The Kier molecular flexibility index (Phi) is 2.96. The third kappa shape index (κ3) is 2.59. The lowest BCUT2D eigenvalue weighted by Crippen LogP contribution is -2.59. The Morgan fingerprint density at radius 2 is 2.37 bits per heavy atom. The van der Waals surface area contributed by atoms with E-state index in [1.165, 1.54) is 0 Å². The van der Waals surface area contributed by atoms with Gasteiger partial charge in [-0.1, -0.05) is 0 Å². The zero-order valence-electron chi connectivity index (χ0n) is 10.7. The zero-order chi connectivity index (χ0) is 13.3. The molecule has 6 heteroatoms. The van der Waals surface area contributed by atoms with Gasteiger partial charge in [-0.05, 0) is 25.1 Å². The van der Waals surface area contributed by atoms with E-state index in [2.05, 4.69) is 20.8 Å². The van der Waals surface area contributed by atoms with Crippen LogP contribution in [-0.4, -0.2) is 41.4 Å². The number of aromatic amines is 1. The molecule has 19 heavy (non-hydrogen) atoms. The average molecular weight is 260 g/mol. The molecule has 0 unspecified atom stereocenters. The fraction of sp³-hybridized carbons (Fsp3) is 0.385. The van der Waals surface area contributed by atoms with Crippen LogP contribution in [0, 0.1) is 0 Å². The molecular weight excluding hydrogens is 244 g/mol. The lowest BCUT2D eigenvalue weighted by molar-refractivity contribution is -0.130. The summed E-state index contributed by atoms with van der Waals surface area (Å²) in [7, 11) is 0. The average Bonchev–Trinajstić information content (AvgIpc) is 2.81. The number of ether oxygens (including phenoxy) is 1. The fourth-order valence-electron chi connectivity index (χ4n) is 2.04. The van der Waals surface area contributed by atoms with Gasteiger partial charge in [0.25, 0.3) is 0 Å². The van der Waals surface area contributed by atoms with Crippen LogP contribution in [0.5, 0.6) is 0 Å². The quantitative estimate of drug-likeness (QED) is 0.762. The maximum absolute atomic E-state index is 11.8. The number of nitrogens with one attached hydrogen (secondary N) is 3. The first-order chi connectivity index (χ1) is 9.15. The molecule has 1 aliphatic rings. The molecule has 0 bridgehead atoms. The van der Waals surface area contributed by atoms with Gasteiger partial charge in [-0.15, -0.1) is 0 Å². The van der Waals surface area contributed by atoms with Crippen molar-refractivity contribution in [3.05, 3.63) is 24.4 Å². The zero-order valence-corrected chi connectivity index (χ0v) is 10.7. The third-order valence-electron chi connectivity index (χ3n) is 3.27. The van der Waals surface area contributed by atoms with Gasteiger partial charge < -0.3 is 15.4 Å². The van der Waals surface area contributed by atoms with E-state index in [1.807, 2.05) is 25.1 Å². The van der Waals surface area contributed by atoms with Gasteiger partial charge in [0.15, 0.2) is 0 Å².